The Balaban J connectivity index is 1.65. The van der Waals surface area contributed by atoms with Gasteiger partial charge in [0.25, 0.3) is 11.8 Å². The third-order valence-electron chi connectivity index (χ3n) is 5.10. The van der Waals surface area contributed by atoms with E-state index in [1.165, 1.54) is 38.5 Å². The van der Waals surface area contributed by atoms with E-state index in [9.17, 15) is 19.2 Å². The highest BCUT2D eigenvalue weighted by Gasteiger charge is 2.27. The number of ether oxygens (including phenoxy) is 4. The number of anilines is 1. The number of methoxy groups -OCH3 is 2. The average molecular weight is 470 g/mol. The van der Waals surface area contributed by atoms with Gasteiger partial charge in [-0.3, -0.25) is 14.4 Å². The van der Waals surface area contributed by atoms with Gasteiger partial charge in [0.2, 0.25) is 0 Å². The van der Waals surface area contributed by atoms with Gasteiger partial charge < -0.3 is 29.6 Å². The second kappa shape index (κ2) is 10.7. The summed E-state index contributed by atoms with van der Waals surface area (Å²) in [6, 6.07) is 8.20. The van der Waals surface area contributed by atoms with Crippen LogP contribution in [0.3, 0.4) is 0 Å². The molecule has 1 heterocycles. The zero-order valence-electron chi connectivity index (χ0n) is 19.3. The van der Waals surface area contributed by atoms with Crippen molar-refractivity contribution in [1.82, 2.24) is 5.32 Å². The molecular weight excluding hydrogens is 444 g/mol. The van der Waals surface area contributed by atoms with Gasteiger partial charge in [-0.2, -0.15) is 0 Å². The molecule has 0 aliphatic carbocycles. The predicted molar refractivity (Wildman–Crippen MR) is 121 cm³/mol. The van der Waals surface area contributed by atoms with Crippen LogP contribution in [0, 0.1) is 5.92 Å². The SMILES string of the molecule is COc1cc(OC)cc(C(=O)N[C@H](C(=O)OCC(=O)c2ccc3c(c2)NC(=O)CO3)C(C)C)c1. The standard InChI is InChI=1S/C24H26N2O8/c1-13(2)22(26-23(29)15-7-16(31-3)10-17(8-15)32-4)24(30)34-11-19(27)14-5-6-20-18(9-14)25-21(28)12-33-20/h5-10,13,22H,11-12H2,1-4H3,(H,25,28)(H,26,29)/t22-/m0/s1. The minimum atomic E-state index is -0.992. The van der Waals surface area contributed by atoms with Crippen LogP contribution in [-0.4, -0.2) is 57.0 Å². The molecular formula is C24H26N2O8. The van der Waals surface area contributed by atoms with E-state index in [2.05, 4.69) is 10.6 Å². The number of carbonyl (C=O) groups is 4. The lowest BCUT2D eigenvalue weighted by atomic mass is 10.0. The number of hydrogen-bond acceptors (Lipinski definition) is 8. The fourth-order valence-corrected chi connectivity index (χ4v) is 3.23. The van der Waals surface area contributed by atoms with Crippen molar-refractivity contribution in [2.75, 3.05) is 32.8 Å². The molecule has 180 valence electrons. The molecule has 1 atom stereocenters. The van der Waals surface area contributed by atoms with Crippen LogP contribution in [0.2, 0.25) is 0 Å². The molecule has 0 unspecified atom stereocenters. The number of amides is 2. The largest absolute Gasteiger partial charge is 0.497 e. The van der Waals surface area contributed by atoms with Gasteiger partial charge in [-0.05, 0) is 36.2 Å². The molecule has 2 amide bonds. The summed E-state index contributed by atoms with van der Waals surface area (Å²) < 4.78 is 20.8. The van der Waals surface area contributed by atoms with E-state index in [0.29, 0.717) is 22.9 Å². The van der Waals surface area contributed by atoms with Crippen LogP contribution in [0.4, 0.5) is 5.69 Å². The number of ketones is 1. The Kier molecular flexibility index (Phi) is 7.72. The first kappa shape index (κ1) is 24.6. The van der Waals surface area contributed by atoms with Crippen LogP contribution in [-0.2, 0) is 14.3 Å². The normalized spacial score (nSPS) is 13.1. The van der Waals surface area contributed by atoms with Crippen LogP contribution >= 0.6 is 0 Å². The third kappa shape index (κ3) is 5.83. The third-order valence-corrected chi connectivity index (χ3v) is 5.10. The topological polar surface area (TPSA) is 129 Å². The van der Waals surface area contributed by atoms with Crippen molar-refractivity contribution in [2.45, 2.75) is 19.9 Å². The van der Waals surface area contributed by atoms with Crippen LogP contribution in [0.1, 0.15) is 34.6 Å². The lowest BCUT2D eigenvalue weighted by Crippen LogP contribution is -2.45. The van der Waals surface area contributed by atoms with E-state index in [4.69, 9.17) is 18.9 Å². The van der Waals surface area contributed by atoms with Crippen molar-refractivity contribution in [3.8, 4) is 17.2 Å². The van der Waals surface area contributed by atoms with Crippen molar-refractivity contribution in [2.24, 2.45) is 5.92 Å². The maximum Gasteiger partial charge on any atom is 0.329 e. The summed E-state index contributed by atoms with van der Waals surface area (Å²) in [5.41, 5.74) is 0.851. The van der Waals surface area contributed by atoms with Gasteiger partial charge in [0.15, 0.2) is 19.0 Å². The Bertz CT molecular complexity index is 1090. The Morgan fingerprint density at radius 1 is 1.03 bits per heavy atom. The number of esters is 1. The van der Waals surface area contributed by atoms with E-state index in [1.807, 2.05) is 0 Å². The minimum absolute atomic E-state index is 0.0945. The lowest BCUT2D eigenvalue weighted by molar-refractivity contribution is -0.146. The summed E-state index contributed by atoms with van der Waals surface area (Å²) in [5.74, 6) is -1.09. The lowest BCUT2D eigenvalue weighted by Gasteiger charge is -2.21. The zero-order chi connectivity index (χ0) is 24.8. The van der Waals surface area contributed by atoms with Gasteiger partial charge in [0.1, 0.15) is 23.3 Å². The Labute approximate surface area is 196 Å². The molecule has 2 N–H and O–H groups in total. The fourth-order valence-electron chi connectivity index (χ4n) is 3.23. The highest BCUT2D eigenvalue weighted by atomic mass is 16.5. The number of benzene rings is 2. The number of hydrogen-bond donors (Lipinski definition) is 2. The van der Waals surface area contributed by atoms with Gasteiger partial charge in [-0.25, -0.2) is 4.79 Å². The van der Waals surface area contributed by atoms with E-state index in [-0.39, 0.29) is 29.6 Å². The van der Waals surface area contributed by atoms with Crippen molar-refractivity contribution in [1.29, 1.82) is 0 Å². The van der Waals surface area contributed by atoms with Crippen molar-refractivity contribution in [3.63, 3.8) is 0 Å². The number of fused-ring (bicyclic) bond motifs is 1. The van der Waals surface area contributed by atoms with Crippen LogP contribution in [0.25, 0.3) is 0 Å². The first-order valence-corrected chi connectivity index (χ1v) is 10.5. The van der Waals surface area contributed by atoms with Crippen LogP contribution in [0.15, 0.2) is 36.4 Å². The highest BCUT2D eigenvalue weighted by Crippen LogP contribution is 2.28. The van der Waals surface area contributed by atoms with Gasteiger partial charge in [-0.15, -0.1) is 0 Å². The number of carbonyl (C=O) groups excluding carboxylic acids is 4. The first-order valence-electron chi connectivity index (χ1n) is 10.5. The van der Waals surface area contributed by atoms with Crippen LogP contribution in [0.5, 0.6) is 17.2 Å². The Hall–Kier alpha value is -4.08. The molecule has 3 rings (SSSR count). The summed E-state index contributed by atoms with van der Waals surface area (Å²) in [6.45, 7) is 2.86. The molecule has 0 aromatic heterocycles. The summed E-state index contributed by atoms with van der Waals surface area (Å²) in [4.78, 5) is 49.5. The monoisotopic (exact) mass is 470 g/mol. The molecule has 0 radical (unpaired) electrons. The molecule has 2 aromatic rings. The minimum Gasteiger partial charge on any atom is -0.497 e. The fraction of sp³-hybridized carbons (Fsp3) is 0.333. The van der Waals surface area contributed by atoms with Crippen molar-refractivity contribution in [3.05, 3.63) is 47.5 Å². The molecule has 0 saturated heterocycles. The first-order chi connectivity index (χ1) is 16.2. The zero-order valence-corrected chi connectivity index (χ0v) is 19.3. The van der Waals surface area contributed by atoms with Gasteiger partial charge in [0.05, 0.1) is 19.9 Å². The number of Topliss-reactive ketones (excluding diaryl/α,β-unsaturated/α-hetero) is 1. The van der Waals surface area contributed by atoms with Crippen LogP contribution < -0.4 is 24.8 Å². The van der Waals surface area contributed by atoms with E-state index >= 15 is 0 Å². The highest BCUT2D eigenvalue weighted by molar-refractivity contribution is 6.02. The summed E-state index contributed by atoms with van der Waals surface area (Å²) in [7, 11) is 2.93. The molecule has 0 bridgehead atoms. The molecule has 2 aromatic carbocycles. The van der Waals surface area contributed by atoms with Gasteiger partial charge >= 0.3 is 5.97 Å². The predicted octanol–water partition coefficient (Wildman–Crippen LogP) is 2.22. The molecule has 0 fully saturated rings. The van der Waals surface area contributed by atoms with Crippen molar-refractivity contribution < 1.29 is 38.1 Å². The average Bonchev–Trinajstić information content (AvgIpc) is 2.84. The maximum atomic E-state index is 12.8. The summed E-state index contributed by atoms with van der Waals surface area (Å²) in [5, 5.41) is 5.26. The molecule has 10 nitrogen and oxygen atoms in total. The van der Waals surface area contributed by atoms with E-state index in [0.717, 1.165) is 0 Å². The Morgan fingerprint density at radius 2 is 1.71 bits per heavy atom. The Morgan fingerprint density at radius 3 is 2.32 bits per heavy atom. The summed E-state index contributed by atoms with van der Waals surface area (Å²) in [6.07, 6.45) is 0. The molecule has 34 heavy (non-hydrogen) atoms. The molecule has 1 aliphatic heterocycles. The van der Waals surface area contributed by atoms with Crippen molar-refractivity contribution >= 4 is 29.3 Å². The molecule has 1 aliphatic rings. The van der Waals surface area contributed by atoms with Gasteiger partial charge in [0, 0.05) is 17.2 Å². The van der Waals surface area contributed by atoms with Gasteiger partial charge in [-0.1, -0.05) is 13.8 Å². The number of nitrogens with one attached hydrogen (secondary N) is 2. The number of rotatable bonds is 9. The maximum absolute atomic E-state index is 12.8. The quantitative estimate of drug-likeness (QED) is 0.422. The summed E-state index contributed by atoms with van der Waals surface area (Å²) >= 11 is 0. The van der Waals surface area contributed by atoms with E-state index < -0.39 is 30.3 Å². The van der Waals surface area contributed by atoms with E-state index in [1.54, 1.807) is 26.0 Å². The smallest absolute Gasteiger partial charge is 0.329 e. The molecule has 0 spiro atoms. The molecule has 0 saturated carbocycles. The molecule has 10 heteroatoms. The second-order valence-electron chi connectivity index (χ2n) is 7.88. The second-order valence-corrected chi connectivity index (χ2v) is 7.88.